The lowest BCUT2D eigenvalue weighted by atomic mass is 9.99. The van der Waals surface area contributed by atoms with E-state index in [0.29, 0.717) is 30.5 Å². The number of terminal acetylenes is 1. The molecule has 0 N–H and O–H groups in total. The van der Waals surface area contributed by atoms with Crippen LogP contribution in [0.5, 0.6) is 11.5 Å². The molecule has 236 valence electrons. The van der Waals surface area contributed by atoms with Gasteiger partial charge in [0.15, 0.2) is 0 Å². The van der Waals surface area contributed by atoms with E-state index in [9.17, 15) is 4.79 Å². The largest absolute Gasteiger partial charge is 0.494 e. The first-order valence-corrected chi connectivity index (χ1v) is 16.7. The van der Waals surface area contributed by atoms with Gasteiger partial charge < -0.3 is 14.4 Å². The van der Waals surface area contributed by atoms with Crippen LogP contribution in [-0.2, 0) is 6.54 Å². The lowest BCUT2D eigenvalue weighted by Crippen LogP contribution is -2.30. The predicted molar refractivity (Wildman–Crippen MR) is 184 cm³/mol. The Labute approximate surface area is 268 Å². The van der Waals surface area contributed by atoms with Crippen LogP contribution in [0.4, 0.5) is 0 Å². The molecule has 5 rings (SSSR count). The van der Waals surface area contributed by atoms with E-state index in [0.717, 1.165) is 34.2 Å². The van der Waals surface area contributed by atoms with Crippen LogP contribution in [-0.4, -0.2) is 47.3 Å². The van der Waals surface area contributed by atoms with Gasteiger partial charge >= 0.3 is 5.69 Å². The number of fused-ring (bicyclic) bond motifs is 1. The van der Waals surface area contributed by atoms with Crippen LogP contribution in [0.15, 0.2) is 71.5 Å². The van der Waals surface area contributed by atoms with Crippen molar-refractivity contribution in [2.75, 3.05) is 32.8 Å². The van der Waals surface area contributed by atoms with Crippen molar-refractivity contribution in [1.29, 1.82) is 0 Å². The Morgan fingerprint density at radius 1 is 0.867 bits per heavy atom. The van der Waals surface area contributed by atoms with E-state index in [2.05, 4.69) is 41.8 Å². The third-order valence-corrected chi connectivity index (χ3v) is 8.70. The van der Waals surface area contributed by atoms with Crippen molar-refractivity contribution < 1.29 is 9.47 Å². The van der Waals surface area contributed by atoms with Gasteiger partial charge in [-0.05, 0) is 92.7 Å². The Morgan fingerprint density at radius 3 is 2.40 bits per heavy atom. The standard InChI is InChI=1S/C39H47N3O3/c1-4-25-44-35-20-21-37-36(28-35)38(33-18-16-32(17-19-33)30(2)3)40-39(43)42(37)29-31-14-13-15-34(27-31)45-26-12-7-5-6-9-22-41-23-10-8-11-24-41/h1,13-21,27-28,30H,5-12,22-26,29H2,2-3H3. The third kappa shape index (κ3) is 8.99. The second kappa shape index (κ2) is 16.3. The lowest BCUT2D eigenvalue weighted by Gasteiger charge is -2.26. The molecule has 6 heteroatoms. The molecular weight excluding hydrogens is 558 g/mol. The zero-order valence-corrected chi connectivity index (χ0v) is 27.0. The predicted octanol–water partition coefficient (Wildman–Crippen LogP) is 8.06. The van der Waals surface area contributed by atoms with Gasteiger partial charge in [0.2, 0.25) is 0 Å². The number of piperidine rings is 1. The summed E-state index contributed by atoms with van der Waals surface area (Å²) in [6, 6.07) is 22.0. The number of benzene rings is 3. The Kier molecular flexibility index (Phi) is 11.7. The van der Waals surface area contributed by atoms with E-state index in [4.69, 9.17) is 15.9 Å². The average molecular weight is 606 g/mol. The third-order valence-electron chi connectivity index (χ3n) is 8.70. The first-order chi connectivity index (χ1) is 22.0. The van der Waals surface area contributed by atoms with Crippen molar-refractivity contribution in [1.82, 2.24) is 14.5 Å². The van der Waals surface area contributed by atoms with Crippen molar-refractivity contribution in [2.45, 2.75) is 77.7 Å². The van der Waals surface area contributed by atoms with Gasteiger partial charge in [-0.2, -0.15) is 4.98 Å². The quantitative estimate of drug-likeness (QED) is 0.101. The van der Waals surface area contributed by atoms with Gasteiger partial charge in [0.1, 0.15) is 18.1 Å². The summed E-state index contributed by atoms with van der Waals surface area (Å²) in [5, 5.41) is 0.838. The van der Waals surface area contributed by atoms with Crippen molar-refractivity contribution in [3.63, 3.8) is 0 Å². The van der Waals surface area contributed by atoms with Crippen LogP contribution in [0.3, 0.4) is 0 Å². The molecule has 0 radical (unpaired) electrons. The first-order valence-electron chi connectivity index (χ1n) is 16.7. The number of rotatable bonds is 15. The molecule has 1 aliphatic rings. The smallest absolute Gasteiger partial charge is 0.348 e. The molecular formula is C39H47N3O3. The molecule has 0 spiro atoms. The molecule has 0 amide bonds. The van der Waals surface area contributed by atoms with Crippen molar-refractivity contribution in [3.05, 3.63) is 88.3 Å². The van der Waals surface area contributed by atoms with Crippen LogP contribution < -0.4 is 15.2 Å². The molecule has 6 nitrogen and oxygen atoms in total. The zero-order valence-electron chi connectivity index (χ0n) is 27.0. The van der Waals surface area contributed by atoms with E-state index < -0.39 is 0 Å². The van der Waals surface area contributed by atoms with E-state index in [1.807, 2.05) is 54.6 Å². The highest BCUT2D eigenvalue weighted by Crippen LogP contribution is 2.30. The molecule has 1 aromatic heterocycles. The van der Waals surface area contributed by atoms with Crippen LogP contribution in [0.1, 0.15) is 82.3 Å². The highest BCUT2D eigenvalue weighted by molar-refractivity contribution is 5.93. The molecule has 1 saturated heterocycles. The molecule has 1 aliphatic heterocycles. The summed E-state index contributed by atoms with van der Waals surface area (Å²) >= 11 is 0. The van der Waals surface area contributed by atoms with Crippen molar-refractivity contribution in [3.8, 4) is 35.1 Å². The molecule has 2 heterocycles. The summed E-state index contributed by atoms with van der Waals surface area (Å²) in [5.74, 6) is 4.41. The number of hydrogen-bond donors (Lipinski definition) is 0. The van der Waals surface area contributed by atoms with E-state index >= 15 is 0 Å². The second-order valence-corrected chi connectivity index (χ2v) is 12.4. The summed E-state index contributed by atoms with van der Waals surface area (Å²) in [6.45, 7) is 9.41. The van der Waals surface area contributed by atoms with Crippen LogP contribution >= 0.6 is 0 Å². The maximum absolute atomic E-state index is 13.5. The fraction of sp³-hybridized carbons (Fsp3) is 0.436. The molecule has 4 aromatic rings. The van der Waals surface area contributed by atoms with Gasteiger partial charge in [0.05, 0.1) is 24.4 Å². The SMILES string of the molecule is C#CCOc1ccc2c(c1)c(-c1ccc(C(C)C)cc1)nc(=O)n2Cc1cccc(OCCCCCCCN2CCCCC2)c1. The first kappa shape index (κ1) is 32.3. The Hall–Kier alpha value is -4.08. The topological polar surface area (TPSA) is 56.6 Å². The summed E-state index contributed by atoms with van der Waals surface area (Å²) < 4.78 is 13.6. The van der Waals surface area contributed by atoms with Gasteiger partial charge in [0, 0.05) is 10.9 Å². The Balaban J connectivity index is 1.25. The minimum absolute atomic E-state index is 0.169. The van der Waals surface area contributed by atoms with Crippen molar-refractivity contribution >= 4 is 10.9 Å². The van der Waals surface area contributed by atoms with Crippen molar-refractivity contribution in [2.24, 2.45) is 0 Å². The summed E-state index contributed by atoms with van der Waals surface area (Å²) in [6.07, 6.45) is 15.7. The van der Waals surface area contributed by atoms with Gasteiger partial charge in [0.25, 0.3) is 0 Å². The number of aromatic nitrogens is 2. The number of ether oxygens (including phenoxy) is 2. The molecule has 0 aliphatic carbocycles. The summed E-state index contributed by atoms with van der Waals surface area (Å²) in [5.41, 5.74) is 4.24. The molecule has 45 heavy (non-hydrogen) atoms. The number of unbranched alkanes of at least 4 members (excludes halogenated alkanes) is 4. The fourth-order valence-corrected chi connectivity index (χ4v) is 6.13. The summed E-state index contributed by atoms with van der Waals surface area (Å²) in [7, 11) is 0. The second-order valence-electron chi connectivity index (χ2n) is 12.4. The number of hydrogen-bond acceptors (Lipinski definition) is 5. The lowest BCUT2D eigenvalue weighted by molar-refractivity contribution is 0.223. The zero-order chi connectivity index (χ0) is 31.4. The highest BCUT2D eigenvalue weighted by Gasteiger charge is 2.15. The van der Waals surface area contributed by atoms with Gasteiger partial charge in [-0.3, -0.25) is 4.57 Å². The molecule has 3 aromatic carbocycles. The average Bonchev–Trinajstić information content (AvgIpc) is 3.06. The molecule has 0 unspecified atom stereocenters. The van der Waals surface area contributed by atoms with E-state index in [-0.39, 0.29) is 12.3 Å². The van der Waals surface area contributed by atoms with Crippen LogP contribution in [0.2, 0.25) is 0 Å². The van der Waals surface area contributed by atoms with Crippen LogP contribution in [0.25, 0.3) is 22.2 Å². The Bertz CT molecular complexity index is 1630. The number of nitrogens with zero attached hydrogens (tertiary/aromatic N) is 3. The van der Waals surface area contributed by atoms with Gasteiger partial charge in [-0.1, -0.05) is 81.8 Å². The fourth-order valence-electron chi connectivity index (χ4n) is 6.13. The maximum atomic E-state index is 13.5. The molecule has 0 atom stereocenters. The highest BCUT2D eigenvalue weighted by atomic mass is 16.5. The van der Waals surface area contributed by atoms with Crippen LogP contribution in [0, 0.1) is 12.3 Å². The molecule has 1 fully saturated rings. The van der Waals surface area contributed by atoms with Gasteiger partial charge in [-0.25, -0.2) is 4.79 Å². The minimum Gasteiger partial charge on any atom is -0.494 e. The molecule has 0 saturated carbocycles. The minimum atomic E-state index is -0.297. The summed E-state index contributed by atoms with van der Waals surface area (Å²) in [4.78, 5) is 20.7. The monoisotopic (exact) mass is 605 g/mol. The van der Waals surface area contributed by atoms with Gasteiger partial charge in [-0.15, -0.1) is 6.42 Å². The normalized spacial score (nSPS) is 13.6. The number of likely N-dealkylation sites (tertiary alicyclic amines) is 1. The Morgan fingerprint density at radius 2 is 1.62 bits per heavy atom. The van der Waals surface area contributed by atoms with E-state index in [1.165, 1.54) is 70.1 Å². The van der Waals surface area contributed by atoms with E-state index in [1.54, 1.807) is 4.57 Å². The molecule has 0 bridgehead atoms. The maximum Gasteiger partial charge on any atom is 0.348 e.